The summed E-state index contributed by atoms with van der Waals surface area (Å²) in [4.78, 5) is 31.9. The average Bonchev–Trinajstić information content (AvgIpc) is 3.49. The van der Waals surface area contributed by atoms with Crippen molar-refractivity contribution in [1.29, 1.82) is 0 Å². The van der Waals surface area contributed by atoms with Gasteiger partial charge in [0.15, 0.2) is 0 Å². The maximum absolute atomic E-state index is 13.4. The fourth-order valence-corrected chi connectivity index (χ4v) is 4.08. The molecule has 0 fully saturated rings. The number of amides is 2. The molecule has 0 spiro atoms. The molecule has 1 aliphatic rings. The van der Waals surface area contributed by atoms with Gasteiger partial charge in [0.05, 0.1) is 31.3 Å². The van der Waals surface area contributed by atoms with Gasteiger partial charge in [0.1, 0.15) is 5.69 Å². The Morgan fingerprint density at radius 1 is 1.25 bits per heavy atom. The van der Waals surface area contributed by atoms with Crippen LogP contribution in [0.3, 0.4) is 0 Å². The Bertz CT molecular complexity index is 1040. The highest BCUT2D eigenvalue weighted by Crippen LogP contribution is 2.29. The Kier molecular flexibility index (Phi) is 9.62. The molecule has 0 saturated carbocycles. The van der Waals surface area contributed by atoms with Gasteiger partial charge in [-0.3, -0.25) is 14.3 Å². The van der Waals surface area contributed by atoms with Crippen LogP contribution in [-0.2, 0) is 27.3 Å². The molecule has 1 aromatic carbocycles. The van der Waals surface area contributed by atoms with E-state index in [2.05, 4.69) is 20.9 Å². The quantitative estimate of drug-likeness (QED) is 0.295. The first-order valence-corrected chi connectivity index (χ1v) is 12.0. The third kappa shape index (κ3) is 7.15. The fourth-order valence-electron chi connectivity index (χ4n) is 4.08. The SMILES string of the molecule is COCCn1nccc1C(=O)NCC1=NOC(Cc2ccccc2)(C(=O)NC(CC(C)C)B(O)O)C1. The summed E-state index contributed by atoms with van der Waals surface area (Å²) in [6.45, 7) is 4.79. The molecule has 0 bridgehead atoms. The van der Waals surface area contributed by atoms with Crippen molar-refractivity contribution >= 4 is 24.6 Å². The van der Waals surface area contributed by atoms with Gasteiger partial charge in [0, 0.05) is 26.1 Å². The minimum absolute atomic E-state index is 0.0795. The number of hydrogen-bond donors (Lipinski definition) is 4. The minimum atomic E-state index is -1.71. The molecule has 2 aromatic rings. The predicted octanol–water partition coefficient (Wildman–Crippen LogP) is 0.560. The maximum atomic E-state index is 13.4. The lowest BCUT2D eigenvalue weighted by Gasteiger charge is -2.29. The van der Waals surface area contributed by atoms with E-state index in [0.29, 0.717) is 31.0 Å². The lowest BCUT2D eigenvalue weighted by Crippen LogP contribution is -2.56. The number of methoxy groups -OCH3 is 1. The zero-order chi connectivity index (χ0) is 26.1. The molecule has 1 aliphatic heterocycles. The maximum Gasteiger partial charge on any atom is 0.475 e. The van der Waals surface area contributed by atoms with Crippen LogP contribution in [0.1, 0.15) is 42.7 Å². The van der Waals surface area contributed by atoms with Crippen molar-refractivity contribution in [3.8, 4) is 0 Å². The van der Waals surface area contributed by atoms with Crippen LogP contribution in [0.5, 0.6) is 0 Å². The van der Waals surface area contributed by atoms with Crippen LogP contribution >= 0.6 is 0 Å². The number of aromatic nitrogens is 2. The highest BCUT2D eigenvalue weighted by Gasteiger charge is 2.48. The second-order valence-electron chi connectivity index (χ2n) is 9.32. The van der Waals surface area contributed by atoms with E-state index < -0.39 is 24.6 Å². The molecule has 2 atom stereocenters. The van der Waals surface area contributed by atoms with Crippen molar-refractivity contribution in [3.63, 3.8) is 0 Å². The lowest BCUT2D eigenvalue weighted by molar-refractivity contribution is -0.144. The standard InChI is InChI=1S/C24H34BN5O6/c1-17(2)13-21(25(33)34)28-23(32)24(14-18-7-5-4-6-8-18)15-19(29-36-24)16-26-22(31)20-9-10-27-30(20)11-12-35-3/h4-10,17,21,33-34H,11-16H2,1-3H3,(H,26,31)(H,28,32). The molecule has 36 heavy (non-hydrogen) atoms. The number of carbonyl (C=O) groups is 2. The zero-order valence-corrected chi connectivity index (χ0v) is 20.9. The molecule has 0 saturated heterocycles. The first kappa shape index (κ1) is 27.4. The second kappa shape index (κ2) is 12.7. The Hall–Kier alpha value is -3.22. The molecule has 0 aliphatic carbocycles. The number of benzene rings is 1. The van der Waals surface area contributed by atoms with Crippen LogP contribution in [0, 0.1) is 5.92 Å². The highest BCUT2D eigenvalue weighted by molar-refractivity contribution is 6.43. The summed E-state index contributed by atoms with van der Waals surface area (Å²) < 4.78 is 6.60. The fraction of sp³-hybridized carbons (Fsp3) is 0.500. The molecular weight excluding hydrogens is 465 g/mol. The van der Waals surface area contributed by atoms with Gasteiger partial charge in [-0.25, -0.2) is 0 Å². The molecule has 2 unspecified atom stereocenters. The van der Waals surface area contributed by atoms with Gasteiger partial charge in [0.25, 0.3) is 11.8 Å². The van der Waals surface area contributed by atoms with Crippen molar-refractivity contribution in [2.24, 2.45) is 11.1 Å². The highest BCUT2D eigenvalue weighted by atomic mass is 16.7. The molecule has 0 radical (unpaired) electrons. The van der Waals surface area contributed by atoms with E-state index in [0.717, 1.165) is 5.56 Å². The third-order valence-corrected chi connectivity index (χ3v) is 5.90. The van der Waals surface area contributed by atoms with Crippen LogP contribution in [-0.4, -0.2) is 76.3 Å². The molecule has 194 valence electrons. The van der Waals surface area contributed by atoms with Crippen LogP contribution in [0.4, 0.5) is 0 Å². The summed E-state index contributed by atoms with van der Waals surface area (Å²) in [7, 11) is -0.139. The first-order valence-electron chi connectivity index (χ1n) is 12.0. The largest absolute Gasteiger partial charge is 0.475 e. The van der Waals surface area contributed by atoms with Crippen molar-refractivity contribution in [1.82, 2.24) is 20.4 Å². The average molecular weight is 499 g/mol. The van der Waals surface area contributed by atoms with Crippen molar-refractivity contribution < 1.29 is 29.2 Å². The van der Waals surface area contributed by atoms with Crippen molar-refractivity contribution in [3.05, 3.63) is 53.9 Å². The summed E-state index contributed by atoms with van der Waals surface area (Å²) in [5, 5.41) is 33.4. The normalized spacial score (nSPS) is 17.9. The molecular formula is C24H34BN5O6. The molecule has 2 heterocycles. The van der Waals surface area contributed by atoms with Crippen molar-refractivity contribution in [2.45, 2.75) is 51.2 Å². The van der Waals surface area contributed by atoms with E-state index >= 15 is 0 Å². The smallest absolute Gasteiger partial charge is 0.426 e. The summed E-state index contributed by atoms with van der Waals surface area (Å²) in [6.07, 6.45) is 2.28. The van der Waals surface area contributed by atoms with Gasteiger partial charge in [-0.2, -0.15) is 5.10 Å². The Balaban J connectivity index is 1.70. The summed E-state index contributed by atoms with van der Waals surface area (Å²) in [5.74, 6) is -1.56. The van der Waals surface area contributed by atoms with Crippen LogP contribution in [0.15, 0.2) is 47.8 Å². The summed E-state index contributed by atoms with van der Waals surface area (Å²) in [5.41, 5.74) is 0.349. The third-order valence-electron chi connectivity index (χ3n) is 5.90. The Morgan fingerprint density at radius 2 is 2.00 bits per heavy atom. The predicted molar refractivity (Wildman–Crippen MR) is 134 cm³/mol. The van der Waals surface area contributed by atoms with Crippen molar-refractivity contribution in [2.75, 3.05) is 20.3 Å². The van der Waals surface area contributed by atoms with Gasteiger partial charge >= 0.3 is 7.12 Å². The monoisotopic (exact) mass is 499 g/mol. The minimum Gasteiger partial charge on any atom is -0.426 e. The molecule has 2 amide bonds. The number of hydrogen-bond acceptors (Lipinski definition) is 8. The van der Waals surface area contributed by atoms with Gasteiger partial charge in [-0.15, -0.1) is 0 Å². The van der Waals surface area contributed by atoms with E-state index in [9.17, 15) is 19.6 Å². The Labute approximate surface area is 211 Å². The number of oxime groups is 1. The molecule has 1 aromatic heterocycles. The van der Waals surface area contributed by atoms with Gasteiger partial charge in [-0.05, 0) is 24.0 Å². The van der Waals surface area contributed by atoms with E-state index in [1.165, 1.54) is 0 Å². The zero-order valence-electron chi connectivity index (χ0n) is 20.9. The summed E-state index contributed by atoms with van der Waals surface area (Å²) >= 11 is 0. The lowest BCUT2D eigenvalue weighted by atomic mass is 9.74. The molecule has 4 N–H and O–H groups in total. The number of nitrogens with zero attached hydrogens (tertiary/aromatic N) is 3. The van der Waals surface area contributed by atoms with Gasteiger partial charge in [-0.1, -0.05) is 49.3 Å². The van der Waals surface area contributed by atoms with E-state index in [4.69, 9.17) is 9.57 Å². The van der Waals surface area contributed by atoms with Gasteiger partial charge in [0.2, 0.25) is 5.60 Å². The second-order valence-corrected chi connectivity index (χ2v) is 9.32. The van der Waals surface area contributed by atoms with E-state index in [1.807, 2.05) is 44.2 Å². The van der Waals surface area contributed by atoms with E-state index in [-0.39, 0.29) is 31.2 Å². The number of carbonyl (C=O) groups excluding carboxylic acids is 2. The number of rotatable bonds is 13. The molecule has 3 rings (SSSR count). The first-order chi connectivity index (χ1) is 17.2. The Morgan fingerprint density at radius 3 is 2.67 bits per heavy atom. The molecule has 12 heteroatoms. The molecule has 11 nitrogen and oxygen atoms in total. The number of ether oxygens (including phenoxy) is 1. The van der Waals surface area contributed by atoms with Crippen LogP contribution in [0.2, 0.25) is 0 Å². The topological polar surface area (TPSA) is 147 Å². The van der Waals surface area contributed by atoms with Crippen LogP contribution < -0.4 is 10.6 Å². The van der Waals surface area contributed by atoms with E-state index in [1.54, 1.807) is 24.1 Å². The van der Waals surface area contributed by atoms with Gasteiger partial charge < -0.3 is 30.3 Å². The van der Waals surface area contributed by atoms with Crippen LogP contribution in [0.25, 0.3) is 0 Å². The number of nitrogens with one attached hydrogen (secondary N) is 2. The summed E-state index contributed by atoms with van der Waals surface area (Å²) in [6, 6.07) is 11.0.